The van der Waals surface area contributed by atoms with Crippen LogP contribution in [0.3, 0.4) is 0 Å². The Morgan fingerprint density at radius 2 is 1.88 bits per heavy atom. The SMILES string of the molecule is COC(OC)c1nc(-c2ccnn2C)n(C)n1. The van der Waals surface area contributed by atoms with Crippen LogP contribution in [0.2, 0.25) is 0 Å². The number of nitrogens with zero attached hydrogens (tertiary/aromatic N) is 5. The Hall–Kier alpha value is -1.73. The van der Waals surface area contributed by atoms with Crippen molar-refractivity contribution in [3.8, 4) is 11.5 Å². The molecule has 0 bridgehead atoms. The molecule has 2 rings (SSSR count). The van der Waals surface area contributed by atoms with E-state index in [9.17, 15) is 0 Å². The minimum absolute atomic E-state index is 0.494. The highest BCUT2D eigenvalue weighted by molar-refractivity contribution is 5.49. The highest BCUT2D eigenvalue weighted by atomic mass is 16.7. The topological polar surface area (TPSA) is 67.0 Å². The molecular weight excluding hydrogens is 222 g/mol. The van der Waals surface area contributed by atoms with Crippen LogP contribution in [0, 0.1) is 0 Å². The van der Waals surface area contributed by atoms with Gasteiger partial charge in [0.05, 0.1) is 0 Å². The van der Waals surface area contributed by atoms with E-state index in [1.54, 1.807) is 29.8 Å². The normalized spacial score (nSPS) is 11.4. The first kappa shape index (κ1) is 11.7. The maximum atomic E-state index is 5.12. The Labute approximate surface area is 99.0 Å². The van der Waals surface area contributed by atoms with Gasteiger partial charge in [0.25, 0.3) is 0 Å². The van der Waals surface area contributed by atoms with Crippen molar-refractivity contribution in [3.63, 3.8) is 0 Å². The van der Waals surface area contributed by atoms with Crippen molar-refractivity contribution in [1.29, 1.82) is 0 Å². The van der Waals surface area contributed by atoms with E-state index in [4.69, 9.17) is 9.47 Å². The fourth-order valence-electron chi connectivity index (χ4n) is 1.63. The zero-order valence-electron chi connectivity index (χ0n) is 10.3. The van der Waals surface area contributed by atoms with Crippen LogP contribution in [-0.4, -0.2) is 38.8 Å². The average Bonchev–Trinajstić information content (AvgIpc) is 2.87. The highest BCUT2D eigenvalue weighted by Gasteiger charge is 2.19. The van der Waals surface area contributed by atoms with E-state index in [-0.39, 0.29) is 0 Å². The summed E-state index contributed by atoms with van der Waals surface area (Å²) in [4.78, 5) is 4.40. The molecule has 7 heteroatoms. The van der Waals surface area contributed by atoms with E-state index >= 15 is 0 Å². The summed E-state index contributed by atoms with van der Waals surface area (Å²) in [7, 11) is 6.78. The molecule has 0 unspecified atom stereocenters. The molecule has 92 valence electrons. The van der Waals surface area contributed by atoms with E-state index in [1.165, 1.54) is 0 Å². The van der Waals surface area contributed by atoms with Crippen LogP contribution < -0.4 is 0 Å². The second-order valence-corrected chi connectivity index (χ2v) is 3.56. The van der Waals surface area contributed by atoms with Gasteiger partial charge < -0.3 is 9.47 Å². The second kappa shape index (κ2) is 4.64. The molecule has 0 fully saturated rings. The van der Waals surface area contributed by atoms with Crippen molar-refractivity contribution >= 4 is 0 Å². The third kappa shape index (κ3) is 2.06. The van der Waals surface area contributed by atoms with E-state index in [2.05, 4.69) is 15.2 Å². The van der Waals surface area contributed by atoms with Crippen molar-refractivity contribution in [2.45, 2.75) is 6.29 Å². The third-order valence-electron chi connectivity index (χ3n) is 2.47. The molecule has 0 aliphatic carbocycles. The van der Waals surface area contributed by atoms with Crippen LogP contribution in [0.15, 0.2) is 12.3 Å². The molecule has 0 aromatic carbocycles. The summed E-state index contributed by atoms with van der Waals surface area (Å²) in [6.45, 7) is 0. The van der Waals surface area contributed by atoms with E-state index in [0.29, 0.717) is 5.82 Å². The molecule has 0 radical (unpaired) electrons. The Morgan fingerprint density at radius 3 is 2.41 bits per heavy atom. The van der Waals surface area contributed by atoms with Gasteiger partial charge in [0.15, 0.2) is 5.82 Å². The third-order valence-corrected chi connectivity index (χ3v) is 2.47. The van der Waals surface area contributed by atoms with Gasteiger partial charge in [-0.1, -0.05) is 0 Å². The van der Waals surface area contributed by atoms with E-state index in [0.717, 1.165) is 11.5 Å². The predicted molar refractivity (Wildman–Crippen MR) is 60.0 cm³/mol. The number of hydrogen-bond donors (Lipinski definition) is 0. The number of ether oxygens (including phenoxy) is 2. The van der Waals surface area contributed by atoms with Gasteiger partial charge in [-0.05, 0) is 6.07 Å². The number of aromatic nitrogens is 5. The molecule has 2 heterocycles. The molecule has 0 aliphatic rings. The van der Waals surface area contributed by atoms with Crippen molar-refractivity contribution in [3.05, 3.63) is 18.1 Å². The van der Waals surface area contributed by atoms with Gasteiger partial charge in [-0.25, -0.2) is 9.67 Å². The van der Waals surface area contributed by atoms with Gasteiger partial charge in [0.2, 0.25) is 12.1 Å². The number of rotatable bonds is 4. The standard InChI is InChI=1S/C10H15N5O2/c1-14-7(5-6-11-14)9-12-8(13-15(9)2)10(16-3)17-4/h5-6,10H,1-4H3. The largest absolute Gasteiger partial charge is 0.349 e. The minimum Gasteiger partial charge on any atom is -0.349 e. The maximum absolute atomic E-state index is 5.12. The monoisotopic (exact) mass is 237 g/mol. The Morgan fingerprint density at radius 1 is 1.18 bits per heavy atom. The smallest absolute Gasteiger partial charge is 0.220 e. The van der Waals surface area contributed by atoms with Crippen LogP contribution >= 0.6 is 0 Å². The lowest BCUT2D eigenvalue weighted by Crippen LogP contribution is -2.06. The molecule has 17 heavy (non-hydrogen) atoms. The summed E-state index contributed by atoms with van der Waals surface area (Å²) >= 11 is 0. The highest BCUT2D eigenvalue weighted by Crippen LogP contribution is 2.19. The predicted octanol–water partition coefficient (Wildman–Crippen LogP) is 0.507. The molecule has 2 aromatic heterocycles. The second-order valence-electron chi connectivity index (χ2n) is 3.56. The summed E-state index contributed by atoms with van der Waals surface area (Å²) in [5.74, 6) is 1.22. The quantitative estimate of drug-likeness (QED) is 0.725. The molecule has 0 saturated heterocycles. The zero-order valence-corrected chi connectivity index (χ0v) is 10.3. The first-order chi connectivity index (χ1) is 8.17. The Bertz CT molecular complexity index is 501. The summed E-state index contributed by atoms with van der Waals surface area (Å²) in [6, 6.07) is 1.88. The minimum atomic E-state index is -0.553. The number of aryl methyl sites for hydroxylation is 2. The lowest BCUT2D eigenvalue weighted by molar-refractivity contribution is -0.111. The summed E-state index contributed by atoms with van der Waals surface area (Å²) in [6.07, 6.45) is 1.16. The number of hydrogen-bond acceptors (Lipinski definition) is 5. The first-order valence-corrected chi connectivity index (χ1v) is 5.12. The molecule has 0 spiro atoms. The first-order valence-electron chi connectivity index (χ1n) is 5.12. The fraction of sp³-hybridized carbons (Fsp3) is 0.500. The maximum Gasteiger partial charge on any atom is 0.220 e. The fourth-order valence-corrected chi connectivity index (χ4v) is 1.63. The zero-order chi connectivity index (χ0) is 12.4. The lowest BCUT2D eigenvalue weighted by Gasteiger charge is -2.07. The van der Waals surface area contributed by atoms with Crippen LogP contribution in [-0.2, 0) is 23.6 Å². The Balaban J connectivity index is 2.41. The van der Waals surface area contributed by atoms with Gasteiger partial charge in [-0.15, -0.1) is 0 Å². The van der Waals surface area contributed by atoms with Crippen molar-refractivity contribution in [2.24, 2.45) is 14.1 Å². The van der Waals surface area contributed by atoms with Gasteiger partial charge in [0, 0.05) is 34.5 Å². The van der Waals surface area contributed by atoms with E-state index in [1.807, 2.05) is 20.2 Å². The molecule has 2 aromatic rings. The molecule has 0 saturated carbocycles. The molecule has 0 N–H and O–H groups in total. The van der Waals surface area contributed by atoms with Gasteiger partial charge in [0.1, 0.15) is 5.69 Å². The van der Waals surface area contributed by atoms with Crippen molar-refractivity contribution in [2.75, 3.05) is 14.2 Å². The van der Waals surface area contributed by atoms with Gasteiger partial charge in [-0.3, -0.25) is 4.68 Å². The molecule has 0 amide bonds. The van der Waals surface area contributed by atoms with Gasteiger partial charge in [-0.2, -0.15) is 10.2 Å². The molecule has 0 atom stereocenters. The van der Waals surface area contributed by atoms with Crippen LogP contribution in [0.5, 0.6) is 0 Å². The summed E-state index contributed by atoms with van der Waals surface area (Å²) < 4.78 is 13.7. The average molecular weight is 237 g/mol. The molecule has 7 nitrogen and oxygen atoms in total. The van der Waals surface area contributed by atoms with Crippen molar-refractivity contribution < 1.29 is 9.47 Å². The summed E-state index contributed by atoms with van der Waals surface area (Å²) in [5, 5.41) is 8.37. The van der Waals surface area contributed by atoms with E-state index < -0.39 is 6.29 Å². The van der Waals surface area contributed by atoms with Crippen LogP contribution in [0.25, 0.3) is 11.5 Å². The summed E-state index contributed by atoms with van der Waals surface area (Å²) in [5.41, 5.74) is 0.886. The number of methoxy groups -OCH3 is 2. The molecular formula is C10H15N5O2. The van der Waals surface area contributed by atoms with Gasteiger partial charge >= 0.3 is 0 Å². The van der Waals surface area contributed by atoms with Crippen LogP contribution in [0.1, 0.15) is 12.1 Å². The van der Waals surface area contributed by atoms with Crippen LogP contribution in [0.4, 0.5) is 0 Å². The molecule has 0 aliphatic heterocycles. The van der Waals surface area contributed by atoms with Crippen molar-refractivity contribution in [1.82, 2.24) is 24.5 Å². The lowest BCUT2D eigenvalue weighted by atomic mass is 10.4. The Kier molecular flexibility index (Phi) is 3.21.